The molecule has 0 aromatic carbocycles. The Bertz CT molecular complexity index is 1610. The summed E-state index contributed by atoms with van der Waals surface area (Å²) >= 11 is 0. The van der Waals surface area contributed by atoms with Gasteiger partial charge in [-0.05, 0) is 186 Å². The van der Waals surface area contributed by atoms with Crippen LogP contribution >= 0.6 is 0 Å². The molecule has 12 heteroatoms. The Kier molecular flexibility index (Phi) is 20.2. The number of amides is 4. The average molecular weight is 929 g/mol. The van der Waals surface area contributed by atoms with Crippen molar-refractivity contribution in [3.8, 4) is 0 Å². The van der Waals surface area contributed by atoms with E-state index >= 15 is 0 Å². The molecule has 4 aliphatic carbocycles. The zero-order valence-electron chi connectivity index (χ0n) is 44.3. The molecule has 0 saturated heterocycles. The van der Waals surface area contributed by atoms with Crippen LogP contribution < -0.4 is 10.6 Å². The molecule has 12 nitrogen and oxygen atoms in total. The molecule has 2 N–H and O–H groups in total. The van der Waals surface area contributed by atoms with Crippen molar-refractivity contribution in [1.29, 1.82) is 0 Å². The normalized spacial score (nSPS) is 26.8. The Morgan fingerprint density at radius 1 is 0.682 bits per heavy atom. The topological polar surface area (TPSA) is 136 Å². The highest BCUT2D eigenvalue weighted by molar-refractivity contribution is 5.77. The summed E-state index contributed by atoms with van der Waals surface area (Å²) in [5, 5.41) is 5.77. The first kappa shape index (κ1) is 55.6. The van der Waals surface area contributed by atoms with E-state index in [1.54, 1.807) is 15.4 Å². The summed E-state index contributed by atoms with van der Waals surface area (Å²) in [6.07, 6.45) is 17.6. The van der Waals surface area contributed by atoms with Gasteiger partial charge in [0.2, 0.25) is 5.91 Å². The fraction of sp³-hybridized carbons (Fsp3) is 0.889. The van der Waals surface area contributed by atoms with Gasteiger partial charge in [-0.2, -0.15) is 0 Å². The van der Waals surface area contributed by atoms with Crippen LogP contribution in [0.25, 0.3) is 0 Å². The lowest BCUT2D eigenvalue weighted by Crippen LogP contribution is -2.51. The monoisotopic (exact) mass is 929 g/mol. The third-order valence-corrected chi connectivity index (χ3v) is 15.3. The lowest BCUT2D eigenvalue weighted by Gasteiger charge is -2.58. The van der Waals surface area contributed by atoms with Gasteiger partial charge in [-0.25, -0.2) is 14.4 Å². The lowest BCUT2D eigenvalue weighted by atomic mass is 9.47. The van der Waals surface area contributed by atoms with Crippen molar-refractivity contribution >= 4 is 24.2 Å². The van der Waals surface area contributed by atoms with Gasteiger partial charge in [-0.15, -0.1) is 0 Å². The Morgan fingerprint density at radius 2 is 1.24 bits per heavy atom. The quantitative estimate of drug-likeness (QED) is 0.0660. The van der Waals surface area contributed by atoms with Crippen LogP contribution in [-0.4, -0.2) is 103 Å². The number of hydrogen-bond acceptors (Lipinski definition) is 8. The number of nitrogens with one attached hydrogen (secondary N) is 2. The summed E-state index contributed by atoms with van der Waals surface area (Å²) in [6.45, 7) is 31.4. The SMILES string of the molecule is CC(C)CCC[C@@H](C)[C@H]1CCC2C3CC=C4C[C@@H](OCC(=O)NCCCN(CCCCN(CCCNC(=O)OC(C)(C)C)C(=O)OC(C)(C)C)C(=O)OC(C)(C)C)CC[C@]4(C)C3CC[C@@]21C. The molecule has 0 spiro atoms. The Hall–Kier alpha value is -3.02. The number of alkyl carbamates (subject to hydrolysis) is 1. The highest BCUT2D eigenvalue weighted by Crippen LogP contribution is 2.67. The van der Waals surface area contributed by atoms with Crippen molar-refractivity contribution in [3.05, 3.63) is 11.6 Å². The van der Waals surface area contributed by atoms with Crippen LogP contribution in [0.4, 0.5) is 14.4 Å². The summed E-state index contributed by atoms with van der Waals surface area (Å²) in [6, 6.07) is 0. The van der Waals surface area contributed by atoms with Gasteiger partial charge < -0.3 is 39.4 Å². The number of carbonyl (C=O) groups is 4. The van der Waals surface area contributed by atoms with Gasteiger partial charge >= 0.3 is 18.3 Å². The predicted octanol–water partition coefficient (Wildman–Crippen LogP) is 12.1. The number of unbranched alkanes of at least 4 members (excludes halogenated alkanes) is 1. The third kappa shape index (κ3) is 16.9. The largest absolute Gasteiger partial charge is 0.444 e. The summed E-state index contributed by atoms with van der Waals surface area (Å²) < 4.78 is 23.0. The van der Waals surface area contributed by atoms with Crippen molar-refractivity contribution in [2.24, 2.45) is 46.3 Å². The zero-order chi connectivity index (χ0) is 49.1. The maximum absolute atomic E-state index is 13.3. The highest BCUT2D eigenvalue weighted by atomic mass is 16.6. The van der Waals surface area contributed by atoms with E-state index in [9.17, 15) is 19.2 Å². The number of fused-ring (bicyclic) bond motifs is 5. The number of ether oxygens (including phenoxy) is 4. The molecule has 4 rings (SSSR count). The first-order valence-corrected chi connectivity index (χ1v) is 26.2. The van der Waals surface area contributed by atoms with Gasteiger partial charge in [-0.3, -0.25) is 4.79 Å². The van der Waals surface area contributed by atoms with Crippen molar-refractivity contribution in [2.75, 3.05) is 45.9 Å². The summed E-state index contributed by atoms with van der Waals surface area (Å²) in [5.41, 5.74) is 0.401. The molecule has 0 heterocycles. The summed E-state index contributed by atoms with van der Waals surface area (Å²) in [5.74, 6) is 4.76. The maximum Gasteiger partial charge on any atom is 0.410 e. The molecule has 3 unspecified atom stereocenters. The van der Waals surface area contributed by atoms with E-state index in [0.717, 1.165) is 54.8 Å². The molecular weight excluding hydrogens is 833 g/mol. The molecular formula is C54H96N4O8. The molecule has 3 saturated carbocycles. The van der Waals surface area contributed by atoms with Gasteiger partial charge in [0.1, 0.15) is 23.4 Å². The molecule has 0 aromatic heterocycles. The standard InChI is InChI=1S/C54H96N4O8/c1-38(2)20-17-21-39(3)43-24-25-44-42-23-22-40-36-41(26-28-53(40,13)45(42)27-29-54(43,44)14)63-37-46(59)55-30-18-34-57(48(61)65-51(7,8)9)32-15-16-33-58(49(62)66-52(10,11)12)35-19-31-56-47(60)64-50(4,5)6/h22,38-39,41-45H,15-21,23-37H2,1-14H3,(H,55,59)(H,56,60)/t39-,41+,42?,43-,44?,45?,53+,54-/m1/s1. The second kappa shape index (κ2) is 24.0. The third-order valence-electron chi connectivity index (χ3n) is 15.3. The number of nitrogens with zero attached hydrogens (tertiary/aromatic N) is 2. The first-order valence-electron chi connectivity index (χ1n) is 26.2. The van der Waals surface area contributed by atoms with E-state index < -0.39 is 35.1 Å². The van der Waals surface area contributed by atoms with Crippen LogP contribution in [0, 0.1) is 46.3 Å². The molecule has 380 valence electrons. The van der Waals surface area contributed by atoms with Crippen LogP contribution in [0.1, 0.15) is 193 Å². The van der Waals surface area contributed by atoms with E-state index in [-0.39, 0.29) is 24.0 Å². The molecule has 4 amide bonds. The van der Waals surface area contributed by atoms with E-state index in [1.807, 2.05) is 62.3 Å². The van der Waals surface area contributed by atoms with E-state index in [4.69, 9.17) is 18.9 Å². The second-order valence-electron chi connectivity index (χ2n) is 24.6. The number of carbonyl (C=O) groups excluding carboxylic acids is 4. The van der Waals surface area contributed by atoms with Crippen molar-refractivity contribution in [2.45, 2.75) is 216 Å². The fourth-order valence-corrected chi connectivity index (χ4v) is 12.2. The molecule has 0 aromatic rings. The molecule has 4 aliphatic rings. The maximum atomic E-state index is 13.3. The van der Waals surface area contributed by atoms with E-state index in [2.05, 4.69) is 51.3 Å². The van der Waals surface area contributed by atoms with Crippen molar-refractivity contribution in [3.63, 3.8) is 0 Å². The molecule has 66 heavy (non-hydrogen) atoms. The number of rotatable bonds is 21. The molecule has 3 fully saturated rings. The number of allylic oxidation sites excluding steroid dienone is 1. The fourth-order valence-electron chi connectivity index (χ4n) is 12.2. The zero-order valence-corrected chi connectivity index (χ0v) is 44.3. The lowest BCUT2D eigenvalue weighted by molar-refractivity contribution is -0.129. The predicted molar refractivity (Wildman–Crippen MR) is 264 cm³/mol. The molecule has 0 radical (unpaired) electrons. The average Bonchev–Trinajstić information content (AvgIpc) is 3.55. The van der Waals surface area contributed by atoms with Gasteiger partial charge in [-0.1, -0.05) is 65.5 Å². The van der Waals surface area contributed by atoms with Crippen molar-refractivity contribution < 1.29 is 38.1 Å². The Morgan fingerprint density at radius 3 is 1.80 bits per heavy atom. The Balaban J connectivity index is 1.21. The van der Waals surface area contributed by atoms with Crippen LogP contribution in [0.15, 0.2) is 11.6 Å². The summed E-state index contributed by atoms with van der Waals surface area (Å²) in [7, 11) is 0. The minimum Gasteiger partial charge on any atom is -0.444 e. The first-order chi connectivity index (χ1) is 30.7. The minimum absolute atomic E-state index is 0.0406. The molecule has 0 bridgehead atoms. The van der Waals surface area contributed by atoms with Gasteiger partial charge in [0.05, 0.1) is 6.10 Å². The smallest absolute Gasteiger partial charge is 0.410 e. The van der Waals surface area contributed by atoms with Crippen LogP contribution in [0.3, 0.4) is 0 Å². The highest BCUT2D eigenvalue weighted by Gasteiger charge is 2.59. The van der Waals surface area contributed by atoms with Gasteiger partial charge in [0.15, 0.2) is 0 Å². The molecule has 8 atom stereocenters. The van der Waals surface area contributed by atoms with Crippen LogP contribution in [0.5, 0.6) is 0 Å². The summed E-state index contributed by atoms with van der Waals surface area (Å²) in [4.78, 5) is 54.9. The van der Waals surface area contributed by atoms with Crippen LogP contribution in [0.2, 0.25) is 0 Å². The van der Waals surface area contributed by atoms with Gasteiger partial charge in [0, 0.05) is 39.3 Å². The number of hydrogen-bond donors (Lipinski definition) is 2. The molecule has 0 aliphatic heterocycles. The second-order valence-corrected chi connectivity index (χ2v) is 24.6. The van der Waals surface area contributed by atoms with Crippen LogP contribution in [-0.2, 0) is 23.7 Å². The van der Waals surface area contributed by atoms with Gasteiger partial charge in [0.25, 0.3) is 0 Å². The minimum atomic E-state index is -0.656. The Labute approximate surface area is 401 Å². The van der Waals surface area contributed by atoms with E-state index in [0.29, 0.717) is 70.4 Å². The van der Waals surface area contributed by atoms with E-state index in [1.165, 1.54) is 51.4 Å². The van der Waals surface area contributed by atoms with Crippen molar-refractivity contribution in [1.82, 2.24) is 20.4 Å².